The van der Waals surface area contributed by atoms with E-state index in [2.05, 4.69) is 45.3 Å². The number of nitrogens with zero attached hydrogens (tertiary/aromatic N) is 2. The maximum Gasteiger partial charge on any atom is 0.264 e. The summed E-state index contributed by atoms with van der Waals surface area (Å²) >= 11 is 4.86. The summed E-state index contributed by atoms with van der Waals surface area (Å²) < 4.78 is 6.74. The third-order valence-corrected chi connectivity index (χ3v) is 4.65. The summed E-state index contributed by atoms with van der Waals surface area (Å²) in [6.07, 6.45) is 0. The first-order chi connectivity index (χ1) is 10.4. The predicted molar refractivity (Wildman–Crippen MR) is 91.7 cm³/mol. The summed E-state index contributed by atoms with van der Waals surface area (Å²) in [4.78, 5) is 11.9. The van der Waals surface area contributed by atoms with Crippen molar-refractivity contribution >= 4 is 38.3 Å². The Morgan fingerprint density at radius 3 is 2.68 bits per heavy atom. The maximum absolute atomic E-state index is 11.9. The van der Waals surface area contributed by atoms with Crippen molar-refractivity contribution in [2.24, 2.45) is 0 Å². The molecular formula is C15H18BrN3O2S. The Bertz CT molecular complexity index is 685. The molecule has 2 rings (SSSR count). The lowest BCUT2D eigenvalue weighted by Crippen LogP contribution is -2.20. The molecule has 0 unspecified atom stereocenters. The second-order valence-electron chi connectivity index (χ2n) is 5.26. The number of hydrogen-bond acceptors (Lipinski definition) is 5. The SMILES string of the molecule is Cc1nnc(NC(=O)COc2cc(C)c(Br)cc2C(C)C)s1. The number of carbonyl (C=O) groups excluding carboxylic acids is 1. The molecule has 0 radical (unpaired) electrons. The Labute approximate surface area is 142 Å². The normalized spacial score (nSPS) is 10.8. The molecule has 118 valence electrons. The van der Waals surface area contributed by atoms with Gasteiger partial charge in [0.25, 0.3) is 5.91 Å². The molecule has 0 spiro atoms. The first kappa shape index (κ1) is 16.9. The summed E-state index contributed by atoms with van der Waals surface area (Å²) in [6, 6.07) is 3.99. The molecular weight excluding hydrogens is 366 g/mol. The standard InChI is InChI=1S/C15H18BrN3O2S/c1-8(2)11-6-12(16)9(3)5-13(11)21-7-14(20)17-15-19-18-10(4)22-15/h5-6,8H,7H2,1-4H3,(H,17,19,20). The van der Waals surface area contributed by atoms with Gasteiger partial charge < -0.3 is 4.74 Å². The minimum Gasteiger partial charge on any atom is -0.483 e. The van der Waals surface area contributed by atoms with Gasteiger partial charge in [-0.2, -0.15) is 0 Å². The Hall–Kier alpha value is -1.47. The minimum atomic E-state index is -0.244. The number of aryl methyl sites for hydroxylation is 2. The van der Waals surface area contributed by atoms with Crippen LogP contribution in [0.15, 0.2) is 16.6 Å². The fourth-order valence-electron chi connectivity index (χ4n) is 1.89. The van der Waals surface area contributed by atoms with Crippen LogP contribution in [-0.2, 0) is 4.79 Å². The maximum atomic E-state index is 11.9. The van der Waals surface area contributed by atoms with Crippen molar-refractivity contribution in [1.29, 1.82) is 0 Å². The Morgan fingerprint density at radius 2 is 2.09 bits per heavy atom. The fraction of sp³-hybridized carbons (Fsp3) is 0.400. The molecule has 0 aliphatic heterocycles. The van der Waals surface area contributed by atoms with Gasteiger partial charge in [0.05, 0.1) is 0 Å². The molecule has 0 saturated carbocycles. The molecule has 7 heteroatoms. The first-order valence-electron chi connectivity index (χ1n) is 6.89. The van der Waals surface area contributed by atoms with Crippen molar-refractivity contribution in [3.8, 4) is 5.75 Å². The molecule has 0 fully saturated rings. The molecule has 0 bridgehead atoms. The van der Waals surface area contributed by atoms with Crippen LogP contribution in [0.4, 0.5) is 5.13 Å². The van der Waals surface area contributed by atoms with Crippen LogP contribution >= 0.6 is 27.3 Å². The van der Waals surface area contributed by atoms with E-state index in [1.165, 1.54) is 11.3 Å². The number of anilines is 1. The van der Waals surface area contributed by atoms with E-state index in [4.69, 9.17) is 4.74 Å². The third-order valence-electron chi connectivity index (χ3n) is 3.04. The van der Waals surface area contributed by atoms with Crippen LogP contribution in [-0.4, -0.2) is 22.7 Å². The van der Waals surface area contributed by atoms with Gasteiger partial charge in [0.1, 0.15) is 10.8 Å². The Kier molecular flexibility index (Phi) is 5.52. The summed E-state index contributed by atoms with van der Waals surface area (Å²) in [5.41, 5.74) is 2.14. The molecule has 1 aromatic carbocycles. The fourth-order valence-corrected chi connectivity index (χ4v) is 2.86. The minimum absolute atomic E-state index is 0.0561. The molecule has 2 aromatic rings. The van der Waals surface area contributed by atoms with Gasteiger partial charge in [-0.1, -0.05) is 41.1 Å². The average molecular weight is 384 g/mol. The van der Waals surface area contributed by atoms with E-state index in [0.717, 1.165) is 26.4 Å². The summed E-state index contributed by atoms with van der Waals surface area (Å²) in [5, 5.41) is 11.7. The van der Waals surface area contributed by atoms with Crippen molar-refractivity contribution in [2.45, 2.75) is 33.6 Å². The lowest BCUT2D eigenvalue weighted by atomic mass is 10.0. The van der Waals surface area contributed by atoms with E-state index in [9.17, 15) is 4.79 Å². The van der Waals surface area contributed by atoms with Gasteiger partial charge in [0.15, 0.2) is 6.61 Å². The van der Waals surface area contributed by atoms with Gasteiger partial charge in [-0.05, 0) is 43.0 Å². The van der Waals surface area contributed by atoms with Gasteiger partial charge >= 0.3 is 0 Å². The second-order valence-corrected chi connectivity index (χ2v) is 7.29. The number of ether oxygens (including phenoxy) is 1. The molecule has 5 nitrogen and oxygen atoms in total. The average Bonchev–Trinajstić information content (AvgIpc) is 2.84. The quantitative estimate of drug-likeness (QED) is 0.845. The summed E-state index contributed by atoms with van der Waals surface area (Å²) in [6.45, 7) is 7.95. The van der Waals surface area contributed by atoms with E-state index in [-0.39, 0.29) is 12.5 Å². The smallest absolute Gasteiger partial charge is 0.264 e. The van der Waals surface area contributed by atoms with Crippen LogP contribution in [0.2, 0.25) is 0 Å². The second kappa shape index (κ2) is 7.19. The lowest BCUT2D eigenvalue weighted by molar-refractivity contribution is -0.118. The summed E-state index contributed by atoms with van der Waals surface area (Å²) in [7, 11) is 0. The van der Waals surface area contributed by atoms with E-state index in [0.29, 0.717) is 11.0 Å². The molecule has 0 aliphatic rings. The van der Waals surface area contributed by atoms with Gasteiger partial charge in [0.2, 0.25) is 5.13 Å². The number of nitrogens with one attached hydrogen (secondary N) is 1. The van der Waals surface area contributed by atoms with Gasteiger partial charge in [-0.25, -0.2) is 0 Å². The molecule has 22 heavy (non-hydrogen) atoms. The molecule has 0 atom stereocenters. The van der Waals surface area contributed by atoms with Crippen LogP contribution in [0, 0.1) is 13.8 Å². The molecule has 1 aromatic heterocycles. The van der Waals surface area contributed by atoms with Crippen molar-refractivity contribution in [3.63, 3.8) is 0 Å². The number of amides is 1. The van der Waals surface area contributed by atoms with Crippen LogP contribution in [0.1, 0.15) is 35.9 Å². The van der Waals surface area contributed by atoms with Crippen LogP contribution in [0.5, 0.6) is 5.75 Å². The van der Waals surface area contributed by atoms with Crippen molar-refractivity contribution in [2.75, 3.05) is 11.9 Å². The molecule has 1 heterocycles. The van der Waals surface area contributed by atoms with E-state index in [1.807, 2.05) is 26.0 Å². The highest BCUT2D eigenvalue weighted by Gasteiger charge is 2.13. The highest BCUT2D eigenvalue weighted by Crippen LogP contribution is 2.32. The van der Waals surface area contributed by atoms with Gasteiger partial charge in [-0.15, -0.1) is 10.2 Å². The van der Waals surface area contributed by atoms with Gasteiger partial charge in [-0.3, -0.25) is 10.1 Å². The van der Waals surface area contributed by atoms with Gasteiger partial charge in [0, 0.05) is 4.47 Å². The zero-order valence-corrected chi connectivity index (χ0v) is 15.3. The zero-order valence-electron chi connectivity index (χ0n) is 12.9. The zero-order chi connectivity index (χ0) is 16.3. The van der Waals surface area contributed by atoms with E-state index in [1.54, 1.807) is 0 Å². The van der Waals surface area contributed by atoms with Crippen molar-refractivity contribution < 1.29 is 9.53 Å². The van der Waals surface area contributed by atoms with Crippen LogP contribution in [0.3, 0.4) is 0 Å². The monoisotopic (exact) mass is 383 g/mol. The number of carbonyl (C=O) groups is 1. The van der Waals surface area contributed by atoms with Crippen LogP contribution < -0.4 is 10.1 Å². The largest absolute Gasteiger partial charge is 0.483 e. The highest BCUT2D eigenvalue weighted by atomic mass is 79.9. The Balaban J connectivity index is 2.04. The highest BCUT2D eigenvalue weighted by molar-refractivity contribution is 9.10. The van der Waals surface area contributed by atoms with E-state index < -0.39 is 0 Å². The van der Waals surface area contributed by atoms with Crippen LogP contribution in [0.25, 0.3) is 0 Å². The number of halogens is 1. The molecule has 1 N–H and O–H groups in total. The topological polar surface area (TPSA) is 64.1 Å². The number of benzene rings is 1. The Morgan fingerprint density at radius 1 is 1.36 bits per heavy atom. The predicted octanol–water partition coefficient (Wildman–Crippen LogP) is 4.06. The lowest BCUT2D eigenvalue weighted by Gasteiger charge is -2.15. The molecule has 0 saturated heterocycles. The number of aromatic nitrogens is 2. The first-order valence-corrected chi connectivity index (χ1v) is 8.50. The number of rotatable bonds is 5. The van der Waals surface area contributed by atoms with Crippen molar-refractivity contribution in [1.82, 2.24) is 10.2 Å². The van der Waals surface area contributed by atoms with Crippen molar-refractivity contribution in [3.05, 3.63) is 32.7 Å². The number of hydrogen-bond donors (Lipinski definition) is 1. The third kappa shape index (κ3) is 4.27. The summed E-state index contributed by atoms with van der Waals surface area (Å²) in [5.74, 6) is 0.798. The molecule has 1 amide bonds. The molecule has 0 aliphatic carbocycles. The van der Waals surface area contributed by atoms with E-state index >= 15 is 0 Å².